The maximum atomic E-state index is 13.4. The first-order chi connectivity index (χ1) is 12.6. The van der Waals surface area contributed by atoms with Crippen LogP contribution in [0.1, 0.15) is 24.8 Å². The number of imidazole rings is 1. The van der Waals surface area contributed by atoms with E-state index in [2.05, 4.69) is 27.0 Å². The van der Waals surface area contributed by atoms with Gasteiger partial charge < -0.3 is 9.64 Å². The van der Waals surface area contributed by atoms with Gasteiger partial charge in [0.05, 0.1) is 18.5 Å². The fourth-order valence-electron chi connectivity index (χ4n) is 3.47. The lowest BCUT2D eigenvalue weighted by molar-refractivity contribution is 0.227. The summed E-state index contributed by atoms with van der Waals surface area (Å²) in [5.41, 5.74) is 2.74. The van der Waals surface area contributed by atoms with Gasteiger partial charge in [-0.3, -0.25) is 0 Å². The standard InChI is InChI=1S/C19H22FN5O/c1-13-10-14(11-22-19(13)20)16-12-21-17-5-6-18(23-25(16)17)26-9-7-15-4-3-8-24(15)2/h5-6,10-12,15H,3-4,7-9H2,1-2H3. The summed E-state index contributed by atoms with van der Waals surface area (Å²) in [7, 11) is 2.17. The molecular formula is C19H22FN5O. The first kappa shape index (κ1) is 16.9. The van der Waals surface area contributed by atoms with Gasteiger partial charge in [-0.2, -0.15) is 4.39 Å². The Labute approximate surface area is 151 Å². The van der Waals surface area contributed by atoms with Gasteiger partial charge in [0.2, 0.25) is 11.8 Å². The highest BCUT2D eigenvalue weighted by molar-refractivity contribution is 5.62. The second-order valence-corrected chi connectivity index (χ2v) is 6.83. The van der Waals surface area contributed by atoms with Crippen LogP contribution in [-0.4, -0.2) is 50.7 Å². The molecule has 1 fully saturated rings. The molecule has 1 saturated heterocycles. The Morgan fingerprint density at radius 3 is 2.92 bits per heavy atom. The molecule has 0 saturated carbocycles. The van der Waals surface area contributed by atoms with Gasteiger partial charge in [-0.15, -0.1) is 5.10 Å². The monoisotopic (exact) mass is 355 g/mol. The van der Waals surface area contributed by atoms with E-state index in [-0.39, 0.29) is 0 Å². The Balaban J connectivity index is 1.53. The molecule has 1 atom stereocenters. The van der Waals surface area contributed by atoms with Crippen LogP contribution in [-0.2, 0) is 0 Å². The highest BCUT2D eigenvalue weighted by atomic mass is 19.1. The van der Waals surface area contributed by atoms with Gasteiger partial charge in [-0.25, -0.2) is 14.5 Å². The predicted octanol–water partition coefficient (Wildman–Crippen LogP) is 3.10. The molecule has 3 aromatic heterocycles. The van der Waals surface area contributed by atoms with Crippen molar-refractivity contribution in [3.05, 3.63) is 42.1 Å². The molecule has 4 rings (SSSR count). The zero-order valence-corrected chi connectivity index (χ0v) is 15.0. The van der Waals surface area contributed by atoms with Crippen molar-refractivity contribution >= 4 is 5.65 Å². The van der Waals surface area contributed by atoms with Gasteiger partial charge in [0, 0.05) is 29.4 Å². The minimum atomic E-state index is -0.462. The summed E-state index contributed by atoms with van der Waals surface area (Å²) >= 11 is 0. The lowest BCUT2D eigenvalue weighted by Gasteiger charge is -2.19. The number of halogens is 1. The van der Waals surface area contributed by atoms with Crippen LogP contribution in [0.15, 0.2) is 30.6 Å². The summed E-state index contributed by atoms with van der Waals surface area (Å²) < 4.78 is 21.0. The smallest absolute Gasteiger partial charge is 0.231 e. The quantitative estimate of drug-likeness (QED) is 0.658. The number of hydrogen-bond donors (Lipinski definition) is 0. The molecule has 6 nitrogen and oxygen atoms in total. The average Bonchev–Trinajstić information content (AvgIpc) is 3.23. The zero-order valence-electron chi connectivity index (χ0n) is 15.0. The molecular weight excluding hydrogens is 333 g/mol. The Morgan fingerprint density at radius 1 is 1.27 bits per heavy atom. The summed E-state index contributed by atoms with van der Waals surface area (Å²) in [5, 5.41) is 4.54. The van der Waals surface area contributed by atoms with Gasteiger partial charge in [-0.05, 0) is 51.9 Å². The van der Waals surface area contributed by atoms with Gasteiger partial charge in [0.1, 0.15) is 0 Å². The number of likely N-dealkylation sites (tertiary alicyclic amines) is 1. The Kier molecular flexibility index (Phi) is 4.55. The van der Waals surface area contributed by atoms with Crippen molar-refractivity contribution in [1.82, 2.24) is 24.5 Å². The van der Waals surface area contributed by atoms with Gasteiger partial charge in [0.25, 0.3) is 0 Å². The van der Waals surface area contributed by atoms with Crippen molar-refractivity contribution in [2.24, 2.45) is 0 Å². The molecule has 1 aliphatic heterocycles. The number of ether oxygens (including phenoxy) is 1. The van der Waals surface area contributed by atoms with Crippen LogP contribution in [0.4, 0.5) is 4.39 Å². The van der Waals surface area contributed by atoms with Gasteiger partial charge >= 0.3 is 0 Å². The Morgan fingerprint density at radius 2 is 2.15 bits per heavy atom. The van der Waals surface area contributed by atoms with E-state index < -0.39 is 5.95 Å². The number of fused-ring (bicyclic) bond motifs is 1. The largest absolute Gasteiger partial charge is 0.477 e. The van der Waals surface area contributed by atoms with E-state index >= 15 is 0 Å². The predicted molar refractivity (Wildman–Crippen MR) is 96.7 cm³/mol. The third-order valence-corrected chi connectivity index (χ3v) is 5.02. The molecule has 7 heteroatoms. The Hall–Kier alpha value is -2.54. The molecule has 26 heavy (non-hydrogen) atoms. The van der Waals surface area contributed by atoms with Crippen molar-refractivity contribution in [1.29, 1.82) is 0 Å². The second-order valence-electron chi connectivity index (χ2n) is 6.83. The lowest BCUT2D eigenvalue weighted by Crippen LogP contribution is -2.26. The van der Waals surface area contributed by atoms with Gasteiger partial charge in [-0.1, -0.05) is 0 Å². The van der Waals surface area contributed by atoms with E-state index in [1.54, 1.807) is 23.7 Å². The normalized spacial score (nSPS) is 17.9. The van der Waals surface area contributed by atoms with Gasteiger partial charge in [0.15, 0.2) is 5.65 Å². The van der Waals surface area contributed by atoms with Crippen molar-refractivity contribution < 1.29 is 9.13 Å². The fourth-order valence-corrected chi connectivity index (χ4v) is 3.47. The molecule has 1 unspecified atom stereocenters. The summed E-state index contributed by atoms with van der Waals surface area (Å²) in [6, 6.07) is 6.04. The Bertz CT molecular complexity index is 925. The summed E-state index contributed by atoms with van der Waals surface area (Å²) in [5.74, 6) is 0.0978. The molecule has 0 aliphatic carbocycles. The van der Waals surface area contributed by atoms with Crippen molar-refractivity contribution in [3.8, 4) is 17.1 Å². The van der Waals surface area contributed by atoms with E-state index in [9.17, 15) is 4.39 Å². The highest BCUT2D eigenvalue weighted by Gasteiger charge is 2.20. The third kappa shape index (κ3) is 3.26. The molecule has 0 aromatic carbocycles. The topological polar surface area (TPSA) is 55.5 Å². The number of rotatable bonds is 5. The van der Waals surface area contributed by atoms with E-state index in [4.69, 9.17) is 4.74 Å². The van der Waals surface area contributed by atoms with E-state index in [0.717, 1.165) is 17.7 Å². The minimum absolute atomic E-state index is 0.462. The number of aromatic nitrogens is 4. The molecule has 3 aromatic rings. The first-order valence-electron chi connectivity index (χ1n) is 8.92. The van der Waals surface area contributed by atoms with Crippen LogP contribution in [0.3, 0.4) is 0 Å². The van der Waals surface area contributed by atoms with E-state index in [1.807, 2.05) is 12.1 Å². The molecule has 4 heterocycles. The summed E-state index contributed by atoms with van der Waals surface area (Å²) in [6.45, 7) is 3.49. The molecule has 0 bridgehead atoms. The third-order valence-electron chi connectivity index (χ3n) is 5.02. The average molecular weight is 355 g/mol. The molecule has 0 amide bonds. The van der Waals surface area contributed by atoms with Crippen molar-refractivity contribution in [3.63, 3.8) is 0 Å². The number of nitrogens with zero attached hydrogens (tertiary/aromatic N) is 5. The molecule has 0 N–H and O–H groups in total. The lowest BCUT2D eigenvalue weighted by atomic mass is 10.1. The van der Waals surface area contributed by atoms with Crippen LogP contribution in [0.25, 0.3) is 16.9 Å². The maximum absolute atomic E-state index is 13.4. The van der Waals surface area contributed by atoms with Crippen LogP contribution in [0.5, 0.6) is 5.88 Å². The fraction of sp³-hybridized carbons (Fsp3) is 0.421. The molecule has 136 valence electrons. The van der Waals surface area contributed by atoms with E-state index in [1.165, 1.54) is 25.6 Å². The molecule has 0 spiro atoms. The number of pyridine rings is 1. The molecule has 0 radical (unpaired) electrons. The number of hydrogen-bond acceptors (Lipinski definition) is 5. The zero-order chi connectivity index (χ0) is 18.1. The first-order valence-corrected chi connectivity index (χ1v) is 8.92. The van der Waals surface area contributed by atoms with Crippen molar-refractivity contribution in [2.45, 2.75) is 32.2 Å². The van der Waals surface area contributed by atoms with Crippen molar-refractivity contribution in [2.75, 3.05) is 20.2 Å². The molecule has 1 aliphatic rings. The SMILES string of the molecule is Cc1cc(-c2cnc3ccc(OCCC4CCCN4C)nn23)cnc1F. The minimum Gasteiger partial charge on any atom is -0.477 e. The van der Waals surface area contributed by atoms with Crippen LogP contribution >= 0.6 is 0 Å². The highest BCUT2D eigenvalue weighted by Crippen LogP contribution is 2.23. The van der Waals surface area contributed by atoms with Crippen LogP contribution < -0.4 is 4.74 Å². The summed E-state index contributed by atoms with van der Waals surface area (Å²) in [6.07, 6.45) is 6.70. The second kappa shape index (κ2) is 6.99. The van der Waals surface area contributed by atoms with Crippen LogP contribution in [0.2, 0.25) is 0 Å². The summed E-state index contributed by atoms with van der Waals surface area (Å²) in [4.78, 5) is 10.5. The van der Waals surface area contributed by atoms with Crippen LogP contribution in [0, 0.1) is 12.9 Å². The maximum Gasteiger partial charge on any atom is 0.231 e. The van der Waals surface area contributed by atoms with E-state index in [0.29, 0.717) is 29.7 Å². The number of aryl methyl sites for hydroxylation is 1.